The summed E-state index contributed by atoms with van der Waals surface area (Å²) in [6, 6.07) is 10.1. The standard InChI is InChI=1S/C16H25NO2/c1-14(9-10-16(2,13-18)12-17-3)19-11-15-7-5-4-6-8-15/h4-8,13-14,17H,9-12H2,1-3H3. The third-order valence-corrected chi connectivity index (χ3v) is 3.36. The lowest BCUT2D eigenvalue weighted by Crippen LogP contribution is -2.32. The van der Waals surface area contributed by atoms with Crippen LogP contribution < -0.4 is 5.32 Å². The van der Waals surface area contributed by atoms with Gasteiger partial charge in [-0.25, -0.2) is 0 Å². The summed E-state index contributed by atoms with van der Waals surface area (Å²) in [4.78, 5) is 11.1. The van der Waals surface area contributed by atoms with Gasteiger partial charge in [-0.3, -0.25) is 0 Å². The number of carbonyl (C=O) groups is 1. The zero-order valence-electron chi connectivity index (χ0n) is 12.2. The first-order valence-electron chi connectivity index (χ1n) is 6.86. The molecule has 106 valence electrons. The third kappa shape index (κ3) is 5.99. The van der Waals surface area contributed by atoms with Crippen molar-refractivity contribution in [1.82, 2.24) is 5.32 Å². The quantitative estimate of drug-likeness (QED) is 0.696. The third-order valence-electron chi connectivity index (χ3n) is 3.36. The molecule has 0 aliphatic heterocycles. The van der Waals surface area contributed by atoms with Gasteiger partial charge in [-0.2, -0.15) is 0 Å². The minimum atomic E-state index is -0.293. The zero-order chi connectivity index (χ0) is 14.1. The summed E-state index contributed by atoms with van der Waals surface area (Å²) in [5.74, 6) is 0. The Labute approximate surface area is 116 Å². The molecule has 0 radical (unpaired) electrons. The molecule has 1 aromatic carbocycles. The molecule has 2 atom stereocenters. The van der Waals surface area contributed by atoms with Crippen molar-refractivity contribution in [2.75, 3.05) is 13.6 Å². The molecule has 1 rings (SSSR count). The highest BCUT2D eigenvalue weighted by molar-refractivity contribution is 5.58. The van der Waals surface area contributed by atoms with Crippen molar-refractivity contribution in [3.8, 4) is 0 Å². The molecule has 0 saturated heterocycles. The molecule has 0 fully saturated rings. The zero-order valence-corrected chi connectivity index (χ0v) is 12.2. The minimum absolute atomic E-state index is 0.163. The summed E-state index contributed by atoms with van der Waals surface area (Å²) in [6.07, 6.45) is 2.95. The normalized spacial score (nSPS) is 15.7. The molecular weight excluding hydrogens is 238 g/mol. The van der Waals surface area contributed by atoms with E-state index in [1.807, 2.05) is 32.2 Å². The number of aldehydes is 1. The summed E-state index contributed by atoms with van der Waals surface area (Å²) in [6.45, 7) is 5.39. The monoisotopic (exact) mass is 263 g/mol. The average Bonchev–Trinajstić information content (AvgIpc) is 2.44. The highest BCUT2D eigenvalue weighted by Gasteiger charge is 2.23. The van der Waals surface area contributed by atoms with E-state index in [2.05, 4.69) is 24.4 Å². The topological polar surface area (TPSA) is 38.3 Å². The van der Waals surface area contributed by atoms with Gasteiger partial charge in [0.05, 0.1) is 12.7 Å². The Morgan fingerprint density at radius 2 is 2.05 bits per heavy atom. The summed E-state index contributed by atoms with van der Waals surface area (Å²) in [5, 5.41) is 3.07. The SMILES string of the molecule is CNCC(C)(C=O)CCC(C)OCc1ccccc1. The smallest absolute Gasteiger partial charge is 0.127 e. The van der Waals surface area contributed by atoms with Gasteiger partial charge in [0, 0.05) is 12.0 Å². The van der Waals surface area contributed by atoms with E-state index < -0.39 is 0 Å². The summed E-state index contributed by atoms with van der Waals surface area (Å²) in [5.41, 5.74) is 0.891. The molecule has 0 aliphatic rings. The second-order valence-electron chi connectivity index (χ2n) is 5.45. The fourth-order valence-electron chi connectivity index (χ4n) is 2.02. The van der Waals surface area contributed by atoms with Crippen LogP contribution in [0.2, 0.25) is 0 Å². The Kier molecular flexibility index (Phi) is 6.74. The molecule has 3 nitrogen and oxygen atoms in total. The van der Waals surface area contributed by atoms with Crippen LogP contribution in [0.1, 0.15) is 32.3 Å². The van der Waals surface area contributed by atoms with Gasteiger partial charge in [0.1, 0.15) is 6.29 Å². The number of rotatable bonds is 9. The maximum atomic E-state index is 11.1. The summed E-state index contributed by atoms with van der Waals surface area (Å²) < 4.78 is 5.81. The van der Waals surface area contributed by atoms with Crippen LogP contribution in [0.5, 0.6) is 0 Å². The maximum absolute atomic E-state index is 11.1. The fourth-order valence-corrected chi connectivity index (χ4v) is 2.02. The van der Waals surface area contributed by atoms with Gasteiger partial charge >= 0.3 is 0 Å². The largest absolute Gasteiger partial charge is 0.374 e. The molecular formula is C16H25NO2. The average molecular weight is 263 g/mol. The van der Waals surface area contributed by atoms with Gasteiger partial charge in [0.25, 0.3) is 0 Å². The number of hydrogen-bond acceptors (Lipinski definition) is 3. The molecule has 0 saturated carbocycles. The number of ether oxygens (including phenoxy) is 1. The van der Waals surface area contributed by atoms with Crippen LogP contribution in [0.3, 0.4) is 0 Å². The molecule has 0 amide bonds. The molecule has 2 unspecified atom stereocenters. The number of hydrogen-bond donors (Lipinski definition) is 1. The molecule has 0 bridgehead atoms. The lowest BCUT2D eigenvalue weighted by molar-refractivity contribution is -0.116. The molecule has 0 heterocycles. The Balaban J connectivity index is 2.31. The van der Waals surface area contributed by atoms with E-state index >= 15 is 0 Å². The van der Waals surface area contributed by atoms with Crippen LogP contribution in [0, 0.1) is 5.41 Å². The van der Waals surface area contributed by atoms with Gasteiger partial charge in [-0.05, 0) is 32.4 Å². The first kappa shape index (κ1) is 15.9. The highest BCUT2D eigenvalue weighted by Crippen LogP contribution is 2.21. The van der Waals surface area contributed by atoms with E-state index in [4.69, 9.17) is 4.74 Å². The van der Waals surface area contributed by atoms with E-state index in [1.165, 1.54) is 5.56 Å². The molecule has 0 spiro atoms. The van der Waals surface area contributed by atoms with E-state index in [-0.39, 0.29) is 11.5 Å². The first-order chi connectivity index (χ1) is 9.09. The van der Waals surface area contributed by atoms with Crippen LogP contribution in [-0.4, -0.2) is 26.0 Å². The van der Waals surface area contributed by atoms with Crippen molar-refractivity contribution in [2.24, 2.45) is 5.41 Å². The Morgan fingerprint density at radius 1 is 1.37 bits per heavy atom. The van der Waals surface area contributed by atoms with Crippen molar-refractivity contribution in [3.63, 3.8) is 0 Å². The highest BCUT2D eigenvalue weighted by atomic mass is 16.5. The molecule has 0 aromatic heterocycles. The van der Waals surface area contributed by atoms with Crippen molar-refractivity contribution in [3.05, 3.63) is 35.9 Å². The summed E-state index contributed by atoms with van der Waals surface area (Å²) >= 11 is 0. The Hall–Kier alpha value is -1.19. The van der Waals surface area contributed by atoms with Gasteiger partial charge in [-0.15, -0.1) is 0 Å². The van der Waals surface area contributed by atoms with E-state index in [0.717, 1.165) is 19.1 Å². The lowest BCUT2D eigenvalue weighted by Gasteiger charge is -2.24. The van der Waals surface area contributed by atoms with Crippen molar-refractivity contribution >= 4 is 6.29 Å². The second-order valence-corrected chi connectivity index (χ2v) is 5.45. The van der Waals surface area contributed by atoms with Crippen LogP contribution in [0.4, 0.5) is 0 Å². The molecule has 3 heteroatoms. The Bertz CT molecular complexity index is 366. The summed E-state index contributed by atoms with van der Waals surface area (Å²) in [7, 11) is 1.87. The number of benzene rings is 1. The van der Waals surface area contributed by atoms with E-state index in [0.29, 0.717) is 13.2 Å². The van der Waals surface area contributed by atoms with Crippen LogP contribution >= 0.6 is 0 Å². The van der Waals surface area contributed by atoms with Crippen molar-refractivity contribution < 1.29 is 9.53 Å². The Morgan fingerprint density at radius 3 is 2.63 bits per heavy atom. The van der Waals surface area contributed by atoms with Crippen LogP contribution in [0.15, 0.2) is 30.3 Å². The van der Waals surface area contributed by atoms with Gasteiger partial charge < -0.3 is 14.8 Å². The van der Waals surface area contributed by atoms with Gasteiger partial charge in [-0.1, -0.05) is 37.3 Å². The fraction of sp³-hybridized carbons (Fsp3) is 0.562. The second kappa shape index (κ2) is 8.08. The minimum Gasteiger partial charge on any atom is -0.374 e. The predicted octanol–water partition coefficient (Wildman–Crippen LogP) is 2.80. The van der Waals surface area contributed by atoms with E-state index in [9.17, 15) is 4.79 Å². The van der Waals surface area contributed by atoms with Gasteiger partial charge in [0.2, 0.25) is 0 Å². The number of carbonyl (C=O) groups excluding carboxylic acids is 1. The van der Waals surface area contributed by atoms with Crippen molar-refractivity contribution in [1.29, 1.82) is 0 Å². The van der Waals surface area contributed by atoms with Gasteiger partial charge in [0.15, 0.2) is 0 Å². The van der Waals surface area contributed by atoms with Crippen molar-refractivity contribution in [2.45, 2.75) is 39.4 Å². The molecule has 1 N–H and O–H groups in total. The maximum Gasteiger partial charge on any atom is 0.127 e. The first-order valence-corrected chi connectivity index (χ1v) is 6.86. The number of nitrogens with one attached hydrogen (secondary N) is 1. The van der Waals surface area contributed by atoms with Crippen LogP contribution in [0.25, 0.3) is 0 Å². The lowest BCUT2D eigenvalue weighted by atomic mass is 9.86. The molecule has 19 heavy (non-hydrogen) atoms. The van der Waals surface area contributed by atoms with Crippen LogP contribution in [-0.2, 0) is 16.1 Å². The molecule has 1 aromatic rings. The molecule has 0 aliphatic carbocycles. The van der Waals surface area contributed by atoms with E-state index in [1.54, 1.807) is 0 Å². The predicted molar refractivity (Wildman–Crippen MR) is 78.0 cm³/mol.